The number of hydrogen-bond acceptors (Lipinski definition) is 4. The molecular formula is C17H18N2O2. The number of esters is 1. The van der Waals surface area contributed by atoms with Crippen molar-refractivity contribution in [3.05, 3.63) is 47.2 Å². The van der Waals surface area contributed by atoms with Gasteiger partial charge in [0.25, 0.3) is 0 Å². The van der Waals surface area contributed by atoms with Gasteiger partial charge in [-0.15, -0.1) is 0 Å². The van der Waals surface area contributed by atoms with Crippen LogP contribution in [0.2, 0.25) is 0 Å². The highest BCUT2D eigenvalue weighted by molar-refractivity contribution is 5.89. The average Bonchev–Trinajstić information content (AvgIpc) is 2.54. The van der Waals surface area contributed by atoms with Crippen molar-refractivity contribution < 1.29 is 9.53 Å². The maximum atomic E-state index is 11.8. The summed E-state index contributed by atoms with van der Waals surface area (Å²) in [5.41, 5.74) is 5.50. The maximum Gasteiger partial charge on any atom is 0.356 e. The Morgan fingerprint density at radius 2 is 2.14 bits per heavy atom. The van der Waals surface area contributed by atoms with Crippen LogP contribution in [0.25, 0.3) is 11.3 Å². The molecule has 1 aromatic carbocycles. The molecule has 0 aliphatic carbocycles. The first kappa shape index (κ1) is 13.6. The lowest BCUT2D eigenvalue weighted by Gasteiger charge is -2.18. The number of hydrogen-bond donors (Lipinski definition) is 1. The van der Waals surface area contributed by atoms with Gasteiger partial charge in [0.1, 0.15) is 0 Å². The van der Waals surface area contributed by atoms with Crippen molar-refractivity contribution in [2.45, 2.75) is 19.8 Å². The first-order valence-electron chi connectivity index (χ1n) is 7.12. The highest BCUT2D eigenvalue weighted by atomic mass is 16.5. The number of anilines is 1. The van der Waals surface area contributed by atoms with Crippen LogP contribution in [0.15, 0.2) is 30.3 Å². The maximum absolute atomic E-state index is 11.8. The number of rotatable bonds is 2. The fourth-order valence-corrected chi connectivity index (χ4v) is 2.61. The zero-order chi connectivity index (χ0) is 14.8. The number of aromatic nitrogens is 1. The van der Waals surface area contributed by atoms with Gasteiger partial charge in [-0.2, -0.15) is 0 Å². The Hall–Kier alpha value is -2.36. The van der Waals surface area contributed by atoms with Gasteiger partial charge in [0, 0.05) is 17.8 Å². The molecule has 0 spiro atoms. The fraction of sp³-hybridized carbons (Fsp3) is 0.294. The SMILES string of the molecule is COC(=O)c1nc(-c2ccc3c(c2)NCCC3)ccc1C. The topological polar surface area (TPSA) is 51.2 Å². The van der Waals surface area contributed by atoms with Crippen molar-refractivity contribution in [1.29, 1.82) is 0 Å². The molecule has 21 heavy (non-hydrogen) atoms. The summed E-state index contributed by atoms with van der Waals surface area (Å²) in [6, 6.07) is 10.1. The van der Waals surface area contributed by atoms with Crippen LogP contribution in [0, 0.1) is 6.92 Å². The van der Waals surface area contributed by atoms with Crippen molar-refractivity contribution in [2.24, 2.45) is 0 Å². The zero-order valence-electron chi connectivity index (χ0n) is 12.3. The third-order valence-electron chi connectivity index (χ3n) is 3.82. The number of methoxy groups -OCH3 is 1. The number of nitrogens with zero attached hydrogens (tertiary/aromatic N) is 1. The van der Waals surface area contributed by atoms with Crippen LogP contribution in [0.3, 0.4) is 0 Å². The molecule has 1 aliphatic rings. The molecule has 1 aliphatic heterocycles. The van der Waals surface area contributed by atoms with Gasteiger partial charge < -0.3 is 10.1 Å². The van der Waals surface area contributed by atoms with E-state index in [9.17, 15) is 4.79 Å². The van der Waals surface area contributed by atoms with E-state index in [4.69, 9.17) is 4.74 Å². The van der Waals surface area contributed by atoms with Crippen LogP contribution >= 0.6 is 0 Å². The predicted octanol–water partition coefficient (Wildman–Crippen LogP) is 3.20. The Kier molecular flexibility index (Phi) is 3.60. The number of pyridine rings is 1. The van der Waals surface area contributed by atoms with E-state index in [1.165, 1.54) is 24.8 Å². The zero-order valence-corrected chi connectivity index (χ0v) is 12.3. The summed E-state index contributed by atoms with van der Waals surface area (Å²) in [6.45, 7) is 2.86. The number of carbonyl (C=O) groups is 1. The fourth-order valence-electron chi connectivity index (χ4n) is 2.61. The van der Waals surface area contributed by atoms with E-state index in [2.05, 4.69) is 28.5 Å². The third-order valence-corrected chi connectivity index (χ3v) is 3.82. The van der Waals surface area contributed by atoms with Gasteiger partial charge in [-0.3, -0.25) is 0 Å². The second kappa shape index (κ2) is 5.56. The normalized spacial score (nSPS) is 13.2. The highest BCUT2D eigenvalue weighted by Crippen LogP contribution is 2.28. The molecule has 0 saturated carbocycles. The number of aryl methyl sites for hydroxylation is 2. The van der Waals surface area contributed by atoms with Crippen LogP contribution in [0.1, 0.15) is 28.0 Å². The van der Waals surface area contributed by atoms with Crippen molar-refractivity contribution in [2.75, 3.05) is 19.0 Å². The van der Waals surface area contributed by atoms with Gasteiger partial charge in [0.05, 0.1) is 12.8 Å². The Bertz CT molecular complexity index is 695. The molecule has 0 unspecified atom stereocenters. The number of benzene rings is 1. The lowest BCUT2D eigenvalue weighted by molar-refractivity contribution is 0.0593. The van der Waals surface area contributed by atoms with Crippen LogP contribution < -0.4 is 5.32 Å². The van der Waals surface area contributed by atoms with Crippen LogP contribution in [0.5, 0.6) is 0 Å². The van der Waals surface area contributed by atoms with E-state index < -0.39 is 5.97 Å². The van der Waals surface area contributed by atoms with Crippen molar-refractivity contribution in [3.63, 3.8) is 0 Å². The molecule has 4 heteroatoms. The van der Waals surface area contributed by atoms with Crippen LogP contribution in [-0.4, -0.2) is 24.6 Å². The third kappa shape index (κ3) is 2.61. The monoisotopic (exact) mass is 282 g/mol. The minimum Gasteiger partial charge on any atom is -0.464 e. The summed E-state index contributed by atoms with van der Waals surface area (Å²) in [5, 5.41) is 3.41. The molecule has 0 bridgehead atoms. The standard InChI is InChI=1S/C17H18N2O2/c1-11-5-8-14(19-16(11)17(20)21-2)13-7-6-12-4-3-9-18-15(12)10-13/h5-8,10,18H,3-4,9H2,1-2H3. The molecule has 0 fully saturated rings. The summed E-state index contributed by atoms with van der Waals surface area (Å²) < 4.78 is 4.78. The summed E-state index contributed by atoms with van der Waals surface area (Å²) >= 11 is 0. The minimum absolute atomic E-state index is 0.376. The molecule has 1 aromatic heterocycles. The van der Waals surface area contributed by atoms with Gasteiger partial charge >= 0.3 is 5.97 Å². The molecule has 0 atom stereocenters. The van der Waals surface area contributed by atoms with E-state index >= 15 is 0 Å². The Balaban J connectivity index is 2.02. The lowest BCUT2D eigenvalue weighted by Crippen LogP contribution is -2.11. The Labute approximate surface area is 124 Å². The Morgan fingerprint density at radius 1 is 1.29 bits per heavy atom. The minimum atomic E-state index is -0.398. The lowest BCUT2D eigenvalue weighted by atomic mass is 9.99. The molecule has 2 heterocycles. The van der Waals surface area contributed by atoms with E-state index in [0.29, 0.717) is 5.69 Å². The summed E-state index contributed by atoms with van der Waals surface area (Å²) in [6.07, 6.45) is 2.28. The molecule has 0 radical (unpaired) electrons. The molecule has 4 nitrogen and oxygen atoms in total. The first-order valence-corrected chi connectivity index (χ1v) is 7.12. The smallest absolute Gasteiger partial charge is 0.356 e. The average molecular weight is 282 g/mol. The molecule has 0 amide bonds. The largest absolute Gasteiger partial charge is 0.464 e. The highest BCUT2D eigenvalue weighted by Gasteiger charge is 2.14. The number of fused-ring (bicyclic) bond motifs is 1. The summed E-state index contributed by atoms with van der Waals surface area (Å²) in [4.78, 5) is 16.2. The second-order valence-corrected chi connectivity index (χ2v) is 5.26. The van der Waals surface area contributed by atoms with Crippen molar-refractivity contribution in [1.82, 2.24) is 4.98 Å². The number of ether oxygens (including phenoxy) is 1. The summed E-state index contributed by atoms with van der Waals surface area (Å²) in [7, 11) is 1.37. The molecule has 2 aromatic rings. The van der Waals surface area contributed by atoms with E-state index in [0.717, 1.165) is 29.8 Å². The quantitative estimate of drug-likeness (QED) is 0.859. The van der Waals surface area contributed by atoms with Gasteiger partial charge in [-0.25, -0.2) is 9.78 Å². The number of carbonyl (C=O) groups excluding carboxylic acids is 1. The van der Waals surface area contributed by atoms with E-state index in [-0.39, 0.29) is 0 Å². The van der Waals surface area contributed by atoms with Crippen LogP contribution in [-0.2, 0) is 11.2 Å². The van der Waals surface area contributed by atoms with Crippen molar-refractivity contribution in [3.8, 4) is 11.3 Å². The molecular weight excluding hydrogens is 264 g/mol. The van der Waals surface area contributed by atoms with Gasteiger partial charge in [-0.05, 0) is 43.0 Å². The predicted molar refractivity (Wildman–Crippen MR) is 82.6 cm³/mol. The van der Waals surface area contributed by atoms with Gasteiger partial charge in [-0.1, -0.05) is 18.2 Å². The van der Waals surface area contributed by atoms with Gasteiger partial charge in [0.2, 0.25) is 0 Å². The van der Waals surface area contributed by atoms with Gasteiger partial charge in [0.15, 0.2) is 5.69 Å². The Morgan fingerprint density at radius 3 is 2.95 bits per heavy atom. The van der Waals surface area contributed by atoms with Crippen LogP contribution in [0.4, 0.5) is 5.69 Å². The first-order chi connectivity index (χ1) is 10.2. The van der Waals surface area contributed by atoms with Crippen molar-refractivity contribution >= 4 is 11.7 Å². The van der Waals surface area contributed by atoms with E-state index in [1.807, 2.05) is 19.1 Å². The molecule has 0 saturated heterocycles. The molecule has 108 valence electrons. The molecule has 1 N–H and O–H groups in total. The summed E-state index contributed by atoms with van der Waals surface area (Å²) in [5.74, 6) is -0.398. The van der Waals surface area contributed by atoms with E-state index in [1.54, 1.807) is 0 Å². The second-order valence-electron chi connectivity index (χ2n) is 5.26. The molecule has 3 rings (SSSR count). The number of nitrogens with one attached hydrogen (secondary N) is 1.